The summed E-state index contributed by atoms with van der Waals surface area (Å²) in [7, 11) is 0. The number of aromatic nitrogens is 1. The summed E-state index contributed by atoms with van der Waals surface area (Å²) in [4.78, 5) is 3.61. The van der Waals surface area contributed by atoms with E-state index in [-0.39, 0.29) is 0 Å². The molecule has 0 bridgehead atoms. The normalized spacial score (nSPS) is 14.5. The molecule has 18 heavy (non-hydrogen) atoms. The van der Waals surface area contributed by atoms with Crippen LogP contribution in [-0.4, -0.2) is 4.98 Å². The maximum atomic E-state index is 12.6. The number of hydrogen-bond acceptors (Lipinski definition) is 2. The summed E-state index contributed by atoms with van der Waals surface area (Å²) in [6, 6.07) is 11.8. The first-order chi connectivity index (χ1) is 8.81. The molecule has 1 aromatic heterocycles. The Morgan fingerprint density at radius 1 is 1.11 bits per heavy atom. The number of benzene rings is 1. The summed E-state index contributed by atoms with van der Waals surface area (Å²) in [6.45, 7) is 0.734. The van der Waals surface area contributed by atoms with Gasteiger partial charge in [0.1, 0.15) is 0 Å². The molecule has 1 aliphatic carbocycles. The Kier molecular flexibility index (Phi) is 2.97. The van der Waals surface area contributed by atoms with Gasteiger partial charge in [-0.15, -0.1) is 0 Å². The minimum Gasteiger partial charge on any atom is -0.380 e. The van der Waals surface area contributed by atoms with Crippen molar-refractivity contribution in [2.75, 3.05) is 5.32 Å². The van der Waals surface area contributed by atoms with E-state index in [1.54, 1.807) is 6.07 Å². The predicted molar refractivity (Wildman–Crippen MR) is 69.9 cm³/mol. The van der Waals surface area contributed by atoms with Crippen LogP contribution in [0.15, 0.2) is 42.6 Å². The van der Waals surface area contributed by atoms with Gasteiger partial charge in [-0.25, -0.2) is 4.98 Å². The second kappa shape index (κ2) is 4.77. The van der Waals surface area contributed by atoms with Crippen LogP contribution in [0.2, 0.25) is 0 Å². The predicted octanol–water partition coefficient (Wildman–Crippen LogP) is 3.71. The molecule has 2 aromatic rings. The fourth-order valence-corrected chi connectivity index (χ4v) is 2.01. The van der Waals surface area contributed by atoms with E-state index in [1.807, 2.05) is 0 Å². The molecule has 0 aliphatic heterocycles. The fraction of sp³-hybridized carbons (Fsp3) is 0.267. The topological polar surface area (TPSA) is 24.9 Å². The molecular weight excluding hydrogens is 227 g/mol. The quantitative estimate of drug-likeness (QED) is 0.827. The fourth-order valence-electron chi connectivity index (χ4n) is 2.01. The Bertz CT molecular complexity index is 515. The van der Waals surface area contributed by atoms with Crippen molar-refractivity contribution in [3.8, 4) is 0 Å². The molecule has 0 radical (unpaired) electrons. The molecule has 3 rings (SSSR count). The maximum absolute atomic E-state index is 12.6. The Morgan fingerprint density at radius 2 is 1.89 bits per heavy atom. The van der Waals surface area contributed by atoms with Crippen molar-refractivity contribution in [2.24, 2.45) is 0 Å². The Balaban J connectivity index is 1.60. The molecule has 1 aliphatic rings. The van der Waals surface area contributed by atoms with Crippen molar-refractivity contribution in [1.82, 2.24) is 4.98 Å². The molecular formula is C15H15FN2. The lowest BCUT2D eigenvalue weighted by atomic mass is 10.1. The Morgan fingerprint density at radius 3 is 2.50 bits per heavy atom. The third-order valence-corrected chi connectivity index (χ3v) is 3.25. The molecule has 1 heterocycles. The lowest BCUT2D eigenvalue weighted by Crippen LogP contribution is -2.00. The van der Waals surface area contributed by atoms with Crippen LogP contribution < -0.4 is 5.32 Å². The molecule has 0 amide bonds. The third-order valence-electron chi connectivity index (χ3n) is 3.25. The van der Waals surface area contributed by atoms with Gasteiger partial charge in [0.25, 0.3) is 0 Å². The summed E-state index contributed by atoms with van der Waals surface area (Å²) >= 11 is 0. The van der Waals surface area contributed by atoms with Crippen molar-refractivity contribution in [2.45, 2.75) is 25.3 Å². The van der Waals surface area contributed by atoms with Crippen molar-refractivity contribution in [3.05, 3.63) is 59.7 Å². The van der Waals surface area contributed by atoms with Crippen molar-refractivity contribution in [1.29, 1.82) is 0 Å². The van der Waals surface area contributed by atoms with Crippen LogP contribution in [0, 0.1) is 5.95 Å². The van der Waals surface area contributed by atoms with Crippen LogP contribution in [0.5, 0.6) is 0 Å². The summed E-state index contributed by atoms with van der Waals surface area (Å²) in [5.74, 6) is 0.350. The highest BCUT2D eigenvalue weighted by atomic mass is 19.1. The van der Waals surface area contributed by atoms with Crippen LogP contribution in [0.3, 0.4) is 0 Å². The van der Waals surface area contributed by atoms with Crippen LogP contribution in [0.25, 0.3) is 0 Å². The van der Waals surface area contributed by atoms with Crippen molar-refractivity contribution in [3.63, 3.8) is 0 Å². The van der Waals surface area contributed by atoms with E-state index in [0.29, 0.717) is 0 Å². The van der Waals surface area contributed by atoms with Crippen molar-refractivity contribution >= 4 is 5.69 Å². The summed E-state index contributed by atoms with van der Waals surface area (Å²) in [6.07, 6.45) is 4.17. The number of hydrogen-bond donors (Lipinski definition) is 1. The highest BCUT2D eigenvalue weighted by molar-refractivity contribution is 5.41. The largest absolute Gasteiger partial charge is 0.380 e. The van der Waals surface area contributed by atoms with Gasteiger partial charge in [0.15, 0.2) is 0 Å². The summed E-state index contributed by atoms with van der Waals surface area (Å²) < 4.78 is 12.6. The number of nitrogens with zero attached hydrogens (tertiary/aromatic N) is 1. The highest BCUT2D eigenvalue weighted by Gasteiger charge is 2.22. The Hall–Kier alpha value is -1.90. The zero-order valence-electron chi connectivity index (χ0n) is 10.1. The standard InChI is InChI=1S/C15H15FN2/c16-15-8-7-14(10-18-15)17-9-11-1-3-12(4-2-11)13-5-6-13/h1-4,7-8,10,13,17H,5-6,9H2. The van der Waals surface area contributed by atoms with Gasteiger partial charge in [0.05, 0.1) is 11.9 Å². The van der Waals surface area contributed by atoms with E-state index < -0.39 is 5.95 Å². The highest BCUT2D eigenvalue weighted by Crippen LogP contribution is 2.39. The molecule has 2 nitrogen and oxygen atoms in total. The Labute approximate surface area is 106 Å². The maximum Gasteiger partial charge on any atom is 0.212 e. The zero-order valence-corrected chi connectivity index (χ0v) is 10.1. The van der Waals surface area contributed by atoms with Gasteiger partial charge in [-0.05, 0) is 42.0 Å². The minimum absolute atomic E-state index is 0.450. The lowest BCUT2D eigenvalue weighted by Gasteiger charge is -2.06. The molecule has 92 valence electrons. The molecule has 0 spiro atoms. The lowest BCUT2D eigenvalue weighted by molar-refractivity contribution is 0.584. The monoisotopic (exact) mass is 242 g/mol. The number of halogens is 1. The second-order valence-electron chi connectivity index (χ2n) is 4.74. The summed E-state index contributed by atoms with van der Waals surface area (Å²) in [5, 5.41) is 3.22. The van der Waals surface area contributed by atoms with Gasteiger partial charge in [0.2, 0.25) is 5.95 Å². The number of rotatable bonds is 4. The van der Waals surface area contributed by atoms with Gasteiger partial charge >= 0.3 is 0 Å². The smallest absolute Gasteiger partial charge is 0.212 e. The van der Waals surface area contributed by atoms with Crippen molar-refractivity contribution < 1.29 is 4.39 Å². The number of pyridine rings is 1. The van der Waals surface area contributed by atoms with Gasteiger partial charge in [-0.1, -0.05) is 24.3 Å². The second-order valence-corrected chi connectivity index (χ2v) is 4.74. The first kappa shape index (κ1) is 11.2. The summed E-state index contributed by atoms with van der Waals surface area (Å²) in [5.41, 5.74) is 3.51. The first-order valence-electron chi connectivity index (χ1n) is 6.25. The minimum atomic E-state index is -0.450. The van der Waals surface area contributed by atoms with Crippen LogP contribution >= 0.6 is 0 Å². The van der Waals surface area contributed by atoms with Gasteiger partial charge < -0.3 is 5.32 Å². The molecule has 1 saturated carbocycles. The van der Waals surface area contributed by atoms with Gasteiger partial charge in [-0.3, -0.25) is 0 Å². The van der Waals surface area contributed by atoms with Gasteiger partial charge in [-0.2, -0.15) is 4.39 Å². The number of nitrogens with one attached hydrogen (secondary N) is 1. The molecule has 0 saturated heterocycles. The zero-order chi connectivity index (χ0) is 12.4. The SMILES string of the molecule is Fc1ccc(NCc2ccc(C3CC3)cc2)cn1. The van der Waals surface area contributed by atoms with E-state index in [9.17, 15) is 4.39 Å². The first-order valence-corrected chi connectivity index (χ1v) is 6.25. The molecule has 1 fully saturated rings. The van der Waals surface area contributed by atoms with E-state index in [2.05, 4.69) is 34.6 Å². The van der Waals surface area contributed by atoms with E-state index in [1.165, 1.54) is 36.2 Å². The molecule has 1 N–H and O–H groups in total. The average Bonchev–Trinajstić information content (AvgIpc) is 3.23. The molecule has 0 atom stereocenters. The van der Waals surface area contributed by atoms with E-state index in [4.69, 9.17) is 0 Å². The molecule has 0 unspecified atom stereocenters. The van der Waals surface area contributed by atoms with Gasteiger partial charge in [0, 0.05) is 6.54 Å². The average molecular weight is 242 g/mol. The van der Waals surface area contributed by atoms with E-state index in [0.717, 1.165) is 18.2 Å². The van der Waals surface area contributed by atoms with Crippen LogP contribution in [0.1, 0.15) is 29.9 Å². The van der Waals surface area contributed by atoms with Crippen LogP contribution in [-0.2, 0) is 6.54 Å². The third kappa shape index (κ3) is 2.67. The number of anilines is 1. The molecule has 3 heteroatoms. The van der Waals surface area contributed by atoms with Crippen LogP contribution in [0.4, 0.5) is 10.1 Å². The molecule has 1 aromatic carbocycles. The van der Waals surface area contributed by atoms with E-state index >= 15 is 0 Å².